The van der Waals surface area contributed by atoms with E-state index in [9.17, 15) is 43.2 Å². The molecule has 0 aromatic rings. The number of phosphoric acid groups is 2. The highest BCUT2D eigenvalue weighted by atomic mass is 31.2. The van der Waals surface area contributed by atoms with Crippen LogP contribution in [-0.2, 0) is 65.4 Å². The molecule has 0 heterocycles. The minimum atomic E-state index is -4.96. The average Bonchev–Trinajstić information content (AvgIpc) is 0.918. The lowest BCUT2D eigenvalue weighted by atomic mass is 10.0. The minimum Gasteiger partial charge on any atom is -0.462 e. The molecule has 5 atom stereocenters. The Bertz CT molecular complexity index is 1980. The van der Waals surface area contributed by atoms with Crippen molar-refractivity contribution in [3.05, 3.63) is 0 Å². The Morgan fingerprint density at radius 3 is 0.660 bits per heavy atom. The van der Waals surface area contributed by atoms with E-state index in [2.05, 4.69) is 41.5 Å². The zero-order chi connectivity index (χ0) is 75.6. The van der Waals surface area contributed by atoms with Crippen LogP contribution in [0, 0.1) is 11.8 Å². The fourth-order valence-corrected chi connectivity index (χ4v) is 14.6. The van der Waals surface area contributed by atoms with Gasteiger partial charge in [-0.25, -0.2) is 9.13 Å². The van der Waals surface area contributed by atoms with Gasteiger partial charge in [0.1, 0.15) is 19.3 Å². The molecule has 0 saturated heterocycles. The van der Waals surface area contributed by atoms with Gasteiger partial charge >= 0.3 is 39.5 Å². The fourth-order valence-electron chi connectivity index (χ4n) is 13.1. The van der Waals surface area contributed by atoms with Gasteiger partial charge < -0.3 is 33.8 Å². The number of phosphoric ester groups is 2. The fraction of sp³-hybridized carbons (Fsp3) is 0.952. The second-order valence-electron chi connectivity index (χ2n) is 31.2. The molecule has 103 heavy (non-hydrogen) atoms. The predicted octanol–water partition coefficient (Wildman–Crippen LogP) is 25.5. The SMILES string of the molecule is CCCCCCCCCCCCCCCCCCC(=O)O[C@H](COC(=O)CCCCCCCCCCCCCCC)COP(=O)(O)OC[C@H](O)COP(=O)(O)OC[C@@H](COC(=O)CCCCCCCCCCCCCCCC(C)C)OC(=O)CCCCCCCCCCCCCCCCCC(C)C. The maximum atomic E-state index is 13.1. The second-order valence-corrected chi connectivity index (χ2v) is 34.1. The maximum absolute atomic E-state index is 13.1. The highest BCUT2D eigenvalue weighted by Gasteiger charge is 2.30. The molecule has 0 aromatic heterocycles. The number of aliphatic hydroxyl groups is 1. The number of hydrogen-bond donors (Lipinski definition) is 3. The van der Waals surface area contributed by atoms with Gasteiger partial charge in [-0.2, -0.15) is 0 Å². The van der Waals surface area contributed by atoms with Crippen LogP contribution in [0.2, 0.25) is 0 Å². The monoisotopic (exact) mass is 1510 g/mol. The van der Waals surface area contributed by atoms with Crippen molar-refractivity contribution >= 4 is 39.5 Å². The summed E-state index contributed by atoms with van der Waals surface area (Å²) in [5, 5.41) is 10.7. The van der Waals surface area contributed by atoms with E-state index in [1.54, 1.807) is 0 Å². The molecule has 0 bridgehead atoms. The molecule has 3 N–H and O–H groups in total. The van der Waals surface area contributed by atoms with Crippen LogP contribution in [0.15, 0.2) is 0 Å². The van der Waals surface area contributed by atoms with E-state index in [0.717, 1.165) is 102 Å². The van der Waals surface area contributed by atoms with E-state index in [1.165, 1.54) is 263 Å². The summed E-state index contributed by atoms with van der Waals surface area (Å²) in [7, 11) is -9.93. The quantitative estimate of drug-likeness (QED) is 0.0222. The first-order chi connectivity index (χ1) is 49.9. The van der Waals surface area contributed by atoms with E-state index >= 15 is 0 Å². The summed E-state index contributed by atoms with van der Waals surface area (Å²) in [6, 6.07) is 0. The van der Waals surface area contributed by atoms with Crippen LogP contribution in [-0.4, -0.2) is 96.7 Å². The van der Waals surface area contributed by atoms with Gasteiger partial charge in [0, 0.05) is 25.7 Å². The Balaban J connectivity index is 5.27. The average molecular weight is 1510 g/mol. The van der Waals surface area contributed by atoms with Gasteiger partial charge in [-0.05, 0) is 37.5 Å². The van der Waals surface area contributed by atoms with Crippen LogP contribution in [0.4, 0.5) is 0 Å². The van der Waals surface area contributed by atoms with E-state index < -0.39 is 97.5 Å². The molecule has 0 rings (SSSR count). The first kappa shape index (κ1) is 101. The Morgan fingerprint density at radius 2 is 0.447 bits per heavy atom. The summed E-state index contributed by atoms with van der Waals surface area (Å²) in [6.07, 6.45) is 66.4. The third kappa shape index (κ3) is 78.0. The number of carbonyl (C=O) groups is 4. The van der Waals surface area contributed by atoms with Gasteiger partial charge in [-0.15, -0.1) is 0 Å². The number of unbranched alkanes of at least 4 members (excludes halogenated alkanes) is 53. The summed E-state index contributed by atoms with van der Waals surface area (Å²) in [6.45, 7) is 9.71. The molecule has 0 amide bonds. The summed E-state index contributed by atoms with van der Waals surface area (Å²) in [5.74, 6) is -0.507. The van der Waals surface area contributed by atoms with Gasteiger partial charge in [-0.1, -0.05) is 395 Å². The molecule has 612 valence electrons. The van der Waals surface area contributed by atoms with Crippen molar-refractivity contribution in [1.82, 2.24) is 0 Å². The smallest absolute Gasteiger partial charge is 0.462 e. The molecule has 0 radical (unpaired) electrons. The lowest BCUT2D eigenvalue weighted by Crippen LogP contribution is -2.30. The molecule has 17 nitrogen and oxygen atoms in total. The number of esters is 4. The molecule has 2 unspecified atom stereocenters. The zero-order valence-electron chi connectivity index (χ0n) is 67.6. The lowest BCUT2D eigenvalue weighted by Gasteiger charge is -2.21. The lowest BCUT2D eigenvalue weighted by molar-refractivity contribution is -0.161. The third-order valence-corrected chi connectivity index (χ3v) is 21.6. The Labute approximate surface area is 632 Å². The highest BCUT2D eigenvalue weighted by molar-refractivity contribution is 7.47. The first-order valence-corrected chi connectivity index (χ1v) is 46.5. The van der Waals surface area contributed by atoms with Crippen molar-refractivity contribution < 1.29 is 80.2 Å². The van der Waals surface area contributed by atoms with Crippen LogP contribution < -0.4 is 0 Å². The summed E-state index contributed by atoms with van der Waals surface area (Å²) >= 11 is 0. The number of rotatable bonds is 83. The third-order valence-electron chi connectivity index (χ3n) is 19.7. The topological polar surface area (TPSA) is 237 Å². The molecular weight excluding hydrogens is 1340 g/mol. The van der Waals surface area contributed by atoms with E-state index in [4.69, 9.17) is 37.0 Å². The van der Waals surface area contributed by atoms with Crippen LogP contribution in [0.5, 0.6) is 0 Å². The number of ether oxygens (including phenoxy) is 4. The molecule has 19 heteroatoms. The van der Waals surface area contributed by atoms with Gasteiger partial charge in [0.2, 0.25) is 0 Å². The summed E-state index contributed by atoms with van der Waals surface area (Å²) in [4.78, 5) is 73.2. The second kappa shape index (κ2) is 75.5. The number of aliphatic hydroxyl groups excluding tert-OH is 1. The number of carbonyl (C=O) groups excluding carboxylic acids is 4. The molecule has 0 fully saturated rings. The van der Waals surface area contributed by atoms with Crippen LogP contribution >= 0.6 is 15.6 Å². The standard InChI is InChI=1S/C84H164O17P2/c1-7-9-11-13-15-17-19-21-22-25-31-38-44-50-56-62-68-83(88)100-79(72-94-81(86)66-60-54-48-42-36-28-20-18-16-14-12-10-8-2)74-98-102(90,91)96-70-78(85)71-97-103(92,93)99-75-80(73-95-82(87)67-61-55-49-43-37-33-27-30-35-41-47-53-59-65-77(5)6)101-84(89)69-63-57-51-45-39-32-26-23-24-29-34-40-46-52-58-64-76(3)4/h76-80,85H,7-75H2,1-6H3,(H,90,91)(H,92,93)/t78-,79+,80+/m0/s1. The van der Waals surface area contributed by atoms with Crippen molar-refractivity contribution in [2.75, 3.05) is 39.6 Å². The molecule has 0 aromatic carbocycles. The van der Waals surface area contributed by atoms with Crippen molar-refractivity contribution in [2.45, 2.75) is 464 Å². The van der Waals surface area contributed by atoms with Crippen molar-refractivity contribution in [2.24, 2.45) is 11.8 Å². The van der Waals surface area contributed by atoms with Crippen molar-refractivity contribution in [3.63, 3.8) is 0 Å². The molecule has 0 aliphatic rings. The van der Waals surface area contributed by atoms with E-state index in [0.29, 0.717) is 25.7 Å². The van der Waals surface area contributed by atoms with E-state index in [1.807, 2.05) is 0 Å². The Kier molecular flexibility index (Phi) is 74.1. The Hall–Kier alpha value is -1.94. The van der Waals surface area contributed by atoms with Gasteiger partial charge in [0.15, 0.2) is 12.2 Å². The van der Waals surface area contributed by atoms with E-state index in [-0.39, 0.29) is 25.7 Å². The number of hydrogen-bond acceptors (Lipinski definition) is 15. The van der Waals surface area contributed by atoms with Gasteiger partial charge in [0.25, 0.3) is 0 Å². The van der Waals surface area contributed by atoms with Crippen LogP contribution in [0.3, 0.4) is 0 Å². The molecule has 0 aliphatic heterocycles. The molecule has 0 saturated carbocycles. The predicted molar refractivity (Wildman–Crippen MR) is 423 cm³/mol. The molecular formula is C84H164O17P2. The van der Waals surface area contributed by atoms with Gasteiger partial charge in [-0.3, -0.25) is 37.3 Å². The van der Waals surface area contributed by atoms with Crippen LogP contribution in [0.25, 0.3) is 0 Å². The van der Waals surface area contributed by atoms with Crippen LogP contribution in [0.1, 0.15) is 446 Å². The van der Waals surface area contributed by atoms with Crippen molar-refractivity contribution in [1.29, 1.82) is 0 Å². The maximum Gasteiger partial charge on any atom is 0.472 e. The molecule has 0 spiro atoms. The normalized spacial score (nSPS) is 13.9. The van der Waals surface area contributed by atoms with Crippen molar-refractivity contribution in [3.8, 4) is 0 Å². The first-order valence-electron chi connectivity index (χ1n) is 43.5. The highest BCUT2D eigenvalue weighted by Crippen LogP contribution is 2.45. The zero-order valence-corrected chi connectivity index (χ0v) is 69.4. The Morgan fingerprint density at radius 1 is 0.262 bits per heavy atom. The summed E-state index contributed by atoms with van der Waals surface area (Å²) < 4.78 is 68.9. The minimum absolute atomic E-state index is 0.108. The summed E-state index contributed by atoms with van der Waals surface area (Å²) in [5.41, 5.74) is 0. The van der Waals surface area contributed by atoms with Gasteiger partial charge in [0.05, 0.1) is 26.4 Å². The molecule has 0 aliphatic carbocycles. The largest absolute Gasteiger partial charge is 0.472 e.